The quantitative estimate of drug-likeness (QED) is 0.284. The molecule has 0 atom stereocenters. The monoisotopic (exact) mass is 380 g/mol. The van der Waals surface area contributed by atoms with E-state index < -0.39 is 0 Å². The Hall–Kier alpha value is -3.10. The summed E-state index contributed by atoms with van der Waals surface area (Å²) in [6, 6.07) is 13.7. The van der Waals surface area contributed by atoms with Gasteiger partial charge in [0.05, 0.1) is 18.5 Å². The summed E-state index contributed by atoms with van der Waals surface area (Å²) in [5.74, 6) is 0. The van der Waals surface area contributed by atoms with Gasteiger partial charge in [-0.05, 0) is 36.5 Å². The number of benzene rings is 1. The van der Waals surface area contributed by atoms with Crippen LogP contribution in [0.15, 0.2) is 66.2 Å². The van der Waals surface area contributed by atoms with E-state index in [4.69, 9.17) is 22.1 Å². The predicted octanol–water partition coefficient (Wildman–Crippen LogP) is 2.38. The minimum atomic E-state index is 0.432. The molecule has 1 aromatic carbocycles. The second-order valence-electron chi connectivity index (χ2n) is 5.57. The molecular weight excluding hydrogens is 360 g/mol. The Morgan fingerprint density at radius 1 is 1.26 bits per heavy atom. The summed E-state index contributed by atoms with van der Waals surface area (Å²) in [5.41, 5.74) is 6.31. The Morgan fingerprint density at radius 3 is 2.85 bits per heavy atom. The molecule has 0 aliphatic rings. The predicted molar refractivity (Wildman–Crippen MR) is 110 cm³/mol. The van der Waals surface area contributed by atoms with Gasteiger partial charge in [-0.15, -0.1) is 0 Å². The van der Waals surface area contributed by atoms with Crippen LogP contribution >= 0.6 is 12.2 Å². The van der Waals surface area contributed by atoms with Gasteiger partial charge < -0.3 is 10.1 Å². The molecule has 0 saturated carbocycles. The van der Waals surface area contributed by atoms with Crippen molar-refractivity contribution < 1.29 is 4.74 Å². The maximum absolute atomic E-state index is 5.17. The molecule has 2 heterocycles. The fraction of sp³-hybridized carbons (Fsp3) is 0.158. The Balaban J connectivity index is 1.81. The van der Waals surface area contributed by atoms with Gasteiger partial charge in [0.15, 0.2) is 5.11 Å². The Labute approximate surface area is 163 Å². The summed E-state index contributed by atoms with van der Waals surface area (Å²) in [4.78, 5) is 4.18. The van der Waals surface area contributed by atoms with Gasteiger partial charge >= 0.3 is 0 Å². The molecular formula is C19H20N6OS. The Kier molecular flexibility index (Phi) is 6.61. The topological polar surface area (TPSA) is 76.4 Å². The van der Waals surface area contributed by atoms with E-state index in [0.29, 0.717) is 18.3 Å². The van der Waals surface area contributed by atoms with Gasteiger partial charge in [-0.25, -0.2) is 4.68 Å². The van der Waals surface area contributed by atoms with Crippen LogP contribution in [0.5, 0.6) is 0 Å². The summed E-state index contributed by atoms with van der Waals surface area (Å²) >= 11 is 5.17. The van der Waals surface area contributed by atoms with Gasteiger partial charge in [0.2, 0.25) is 0 Å². The molecule has 0 aliphatic carbocycles. The standard InChI is InChI=1S/C19H20N6OS/c1-26-11-10-21-19(27)23-22-13-16-14-25(17-7-3-2-4-8-17)24-18(16)15-6-5-9-20-12-15/h2-9,12-14H,10-11H2,1H3,(H2,21,23,27). The lowest BCUT2D eigenvalue weighted by Gasteiger charge is -2.05. The SMILES string of the molecule is COCCNC(=S)NN=Cc1cn(-c2ccccc2)nc1-c1cccnc1. The first-order valence-corrected chi connectivity index (χ1v) is 8.80. The van der Waals surface area contributed by atoms with Crippen molar-refractivity contribution in [1.29, 1.82) is 0 Å². The van der Waals surface area contributed by atoms with Crippen LogP contribution in [0.4, 0.5) is 0 Å². The Bertz CT molecular complexity index is 895. The summed E-state index contributed by atoms with van der Waals surface area (Å²) in [5, 5.41) is 12.4. The van der Waals surface area contributed by atoms with Crippen LogP contribution < -0.4 is 10.7 Å². The summed E-state index contributed by atoms with van der Waals surface area (Å²) in [6.07, 6.45) is 7.12. The van der Waals surface area contributed by atoms with Gasteiger partial charge in [0.1, 0.15) is 5.69 Å². The molecule has 0 bridgehead atoms. The number of pyridine rings is 1. The van der Waals surface area contributed by atoms with Gasteiger partial charge in [-0.1, -0.05) is 18.2 Å². The van der Waals surface area contributed by atoms with Crippen molar-refractivity contribution in [2.45, 2.75) is 0 Å². The molecule has 2 aromatic heterocycles. The third-order valence-electron chi connectivity index (χ3n) is 3.66. The molecule has 0 amide bonds. The number of thiocarbonyl (C=S) groups is 1. The zero-order valence-corrected chi connectivity index (χ0v) is 15.7. The van der Waals surface area contributed by atoms with Crippen LogP contribution in [-0.4, -0.2) is 46.4 Å². The van der Waals surface area contributed by atoms with E-state index in [2.05, 4.69) is 20.8 Å². The number of aromatic nitrogens is 3. The van der Waals surface area contributed by atoms with E-state index in [1.807, 2.05) is 53.3 Å². The molecule has 0 unspecified atom stereocenters. The molecule has 0 saturated heterocycles. The highest BCUT2D eigenvalue weighted by atomic mass is 32.1. The van der Waals surface area contributed by atoms with Crippen LogP contribution in [0, 0.1) is 0 Å². The van der Waals surface area contributed by atoms with Gasteiger partial charge in [0.25, 0.3) is 0 Å². The number of hydrazone groups is 1. The van der Waals surface area contributed by atoms with E-state index in [1.165, 1.54) is 0 Å². The molecule has 3 aromatic rings. The van der Waals surface area contributed by atoms with Crippen molar-refractivity contribution in [3.8, 4) is 16.9 Å². The summed E-state index contributed by atoms with van der Waals surface area (Å²) in [6.45, 7) is 1.19. The van der Waals surface area contributed by atoms with Crippen LogP contribution in [0.25, 0.3) is 16.9 Å². The number of methoxy groups -OCH3 is 1. The molecule has 0 fully saturated rings. The fourth-order valence-corrected chi connectivity index (χ4v) is 2.54. The largest absolute Gasteiger partial charge is 0.383 e. The molecule has 8 heteroatoms. The van der Waals surface area contributed by atoms with Crippen molar-refractivity contribution in [2.24, 2.45) is 5.10 Å². The lowest BCUT2D eigenvalue weighted by Crippen LogP contribution is -2.34. The third-order valence-corrected chi connectivity index (χ3v) is 3.90. The fourth-order valence-electron chi connectivity index (χ4n) is 2.39. The second kappa shape index (κ2) is 9.56. The second-order valence-corrected chi connectivity index (χ2v) is 5.98. The number of hydrogen-bond acceptors (Lipinski definition) is 5. The molecule has 7 nitrogen and oxygen atoms in total. The molecule has 138 valence electrons. The van der Waals surface area contributed by atoms with E-state index in [1.54, 1.807) is 25.7 Å². The maximum Gasteiger partial charge on any atom is 0.187 e. The van der Waals surface area contributed by atoms with Gasteiger partial charge in [0, 0.05) is 43.4 Å². The number of rotatable bonds is 7. The van der Waals surface area contributed by atoms with Crippen molar-refractivity contribution in [3.05, 3.63) is 66.6 Å². The first kappa shape index (κ1) is 18.7. The first-order valence-electron chi connectivity index (χ1n) is 8.39. The molecule has 27 heavy (non-hydrogen) atoms. The third kappa shape index (κ3) is 5.19. The highest BCUT2D eigenvalue weighted by Crippen LogP contribution is 2.21. The summed E-state index contributed by atoms with van der Waals surface area (Å²) in [7, 11) is 1.64. The minimum absolute atomic E-state index is 0.432. The number of nitrogens with zero attached hydrogens (tertiary/aromatic N) is 4. The zero-order valence-electron chi connectivity index (χ0n) is 14.9. The normalized spacial score (nSPS) is 10.9. The minimum Gasteiger partial charge on any atom is -0.383 e. The van der Waals surface area contributed by atoms with E-state index in [-0.39, 0.29) is 0 Å². The van der Waals surface area contributed by atoms with E-state index in [9.17, 15) is 0 Å². The van der Waals surface area contributed by atoms with Crippen molar-refractivity contribution in [2.75, 3.05) is 20.3 Å². The van der Waals surface area contributed by atoms with Crippen LogP contribution in [0.3, 0.4) is 0 Å². The van der Waals surface area contributed by atoms with Crippen molar-refractivity contribution in [1.82, 2.24) is 25.5 Å². The number of nitrogens with one attached hydrogen (secondary N) is 2. The molecule has 0 spiro atoms. The lowest BCUT2D eigenvalue weighted by molar-refractivity contribution is 0.204. The van der Waals surface area contributed by atoms with Crippen LogP contribution in [0.1, 0.15) is 5.56 Å². The highest BCUT2D eigenvalue weighted by molar-refractivity contribution is 7.80. The van der Waals surface area contributed by atoms with Crippen LogP contribution in [0.2, 0.25) is 0 Å². The number of hydrogen-bond donors (Lipinski definition) is 2. The maximum atomic E-state index is 5.17. The average molecular weight is 380 g/mol. The lowest BCUT2D eigenvalue weighted by atomic mass is 10.1. The smallest absolute Gasteiger partial charge is 0.187 e. The molecule has 2 N–H and O–H groups in total. The molecule has 0 radical (unpaired) electrons. The number of ether oxygens (including phenoxy) is 1. The van der Waals surface area contributed by atoms with Crippen molar-refractivity contribution >= 4 is 23.5 Å². The first-order chi connectivity index (χ1) is 13.3. The van der Waals surface area contributed by atoms with Crippen LogP contribution in [-0.2, 0) is 4.74 Å². The Morgan fingerprint density at radius 2 is 2.11 bits per heavy atom. The van der Waals surface area contributed by atoms with Gasteiger partial charge in [-0.2, -0.15) is 10.2 Å². The average Bonchev–Trinajstić information content (AvgIpc) is 3.14. The van der Waals surface area contributed by atoms with E-state index in [0.717, 1.165) is 22.5 Å². The summed E-state index contributed by atoms with van der Waals surface area (Å²) < 4.78 is 6.79. The molecule has 3 rings (SSSR count). The van der Waals surface area contributed by atoms with Crippen molar-refractivity contribution in [3.63, 3.8) is 0 Å². The highest BCUT2D eigenvalue weighted by Gasteiger charge is 2.11. The van der Waals surface area contributed by atoms with E-state index >= 15 is 0 Å². The molecule has 0 aliphatic heterocycles. The zero-order chi connectivity index (χ0) is 18.9. The van der Waals surface area contributed by atoms with Gasteiger partial charge in [-0.3, -0.25) is 10.4 Å². The number of para-hydroxylation sites is 1.